The number of ether oxygens (including phenoxy) is 1. The normalized spacial score (nSPS) is 9.80. The smallest absolute Gasteiger partial charge is 0.333 e. The number of unbranched alkanes of at least 4 members (excludes halogenated alkanes) is 7. The zero-order valence-electron chi connectivity index (χ0n) is 14.1. The molecule has 3 N–H and O–H groups in total. The Bertz CT molecular complexity index is 268. The highest BCUT2D eigenvalue weighted by molar-refractivity contribution is 5.89. The summed E-state index contributed by atoms with van der Waals surface area (Å²) in [7, 11) is 0. The van der Waals surface area contributed by atoms with Gasteiger partial charge in [0.15, 0.2) is 0 Å². The fourth-order valence-corrected chi connectivity index (χ4v) is 2.21. The Hall–Kier alpha value is -0.830. The first-order valence-corrected chi connectivity index (χ1v) is 7.96. The third-order valence-electron chi connectivity index (χ3n) is 3.41. The maximum Gasteiger partial charge on any atom is 0.333 e. The van der Waals surface area contributed by atoms with Gasteiger partial charge in [0.05, 0.1) is 6.61 Å². The second-order valence-electron chi connectivity index (χ2n) is 5.42. The van der Waals surface area contributed by atoms with Gasteiger partial charge in [-0.3, -0.25) is 0 Å². The van der Waals surface area contributed by atoms with Crippen molar-refractivity contribution in [1.82, 2.24) is 6.15 Å². The van der Waals surface area contributed by atoms with Gasteiger partial charge in [-0.05, 0) is 33.6 Å². The van der Waals surface area contributed by atoms with Gasteiger partial charge < -0.3 is 10.9 Å². The lowest BCUT2D eigenvalue weighted by Gasteiger charge is -2.09. The largest absolute Gasteiger partial charge is 0.463 e. The van der Waals surface area contributed by atoms with Crippen molar-refractivity contribution in [3.63, 3.8) is 0 Å². The number of hydrogen-bond donors (Lipinski definition) is 1. The molecule has 120 valence electrons. The molecule has 0 radical (unpaired) electrons. The number of allylic oxidation sites excluding steroid dienone is 1. The molecule has 0 aromatic heterocycles. The maximum absolute atomic E-state index is 11.7. The molecule has 0 aliphatic carbocycles. The molecule has 20 heavy (non-hydrogen) atoms. The van der Waals surface area contributed by atoms with E-state index in [1.807, 2.05) is 20.8 Å². The summed E-state index contributed by atoms with van der Waals surface area (Å²) in [4.78, 5) is 11.7. The van der Waals surface area contributed by atoms with E-state index in [9.17, 15) is 4.79 Å². The molecule has 0 aliphatic heterocycles. The molecule has 0 aromatic rings. The van der Waals surface area contributed by atoms with Crippen molar-refractivity contribution in [1.29, 1.82) is 0 Å². The molecule has 0 amide bonds. The average molecular weight is 285 g/mol. The van der Waals surface area contributed by atoms with Gasteiger partial charge >= 0.3 is 5.97 Å². The quantitative estimate of drug-likeness (QED) is 0.306. The second-order valence-corrected chi connectivity index (χ2v) is 5.42. The molecule has 0 fully saturated rings. The minimum atomic E-state index is -0.120. The molecule has 0 unspecified atom stereocenters. The fourth-order valence-electron chi connectivity index (χ4n) is 2.21. The Labute approximate surface area is 125 Å². The van der Waals surface area contributed by atoms with Crippen molar-refractivity contribution in [2.24, 2.45) is 0 Å². The van der Waals surface area contributed by atoms with Crippen LogP contribution in [0.25, 0.3) is 0 Å². The molecule has 0 saturated carbocycles. The van der Waals surface area contributed by atoms with Crippen LogP contribution in [-0.2, 0) is 9.53 Å². The van der Waals surface area contributed by atoms with Gasteiger partial charge in [-0.2, -0.15) is 0 Å². The molecule has 0 aromatic carbocycles. The van der Waals surface area contributed by atoms with Crippen molar-refractivity contribution in [3.05, 3.63) is 11.1 Å². The molecule has 3 nitrogen and oxygen atoms in total. The van der Waals surface area contributed by atoms with E-state index in [1.165, 1.54) is 44.9 Å². The molecule has 0 aliphatic rings. The molecule has 0 heterocycles. The van der Waals surface area contributed by atoms with Crippen LogP contribution in [-0.4, -0.2) is 12.6 Å². The van der Waals surface area contributed by atoms with Crippen LogP contribution < -0.4 is 6.15 Å². The lowest BCUT2D eigenvalue weighted by atomic mass is 10.0. The van der Waals surface area contributed by atoms with E-state index in [4.69, 9.17) is 4.74 Å². The standard InChI is InChI=1S/C17H32O2.H3N/c1-5-7-8-9-10-11-12-13-14-16(15(3)4)17(18)19-6-2;/h5-14H2,1-4H3;1H3. The van der Waals surface area contributed by atoms with Crippen LogP contribution in [0.15, 0.2) is 11.1 Å². The van der Waals surface area contributed by atoms with Gasteiger partial charge in [0.25, 0.3) is 0 Å². The SMILES string of the molecule is CCCCCCCCCCC(C(=O)OCC)=C(C)C.N. The van der Waals surface area contributed by atoms with E-state index >= 15 is 0 Å². The third kappa shape index (κ3) is 11.0. The summed E-state index contributed by atoms with van der Waals surface area (Å²) in [5.41, 5.74) is 1.98. The maximum atomic E-state index is 11.7. The predicted molar refractivity (Wildman–Crippen MR) is 87.3 cm³/mol. The Morgan fingerprint density at radius 2 is 1.35 bits per heavy atom. The van der Waals surface area contributed by atoms with E-state index < -0.39 is 0 Å². The van der Waals surface area contributed by atoms with E-state index in [1.54, 1.807) is 0 Å². The van der Waals surface area contributed by atoms with Gasteiger partial charge in [-0.1, -0.05) is 57.4 Å². The summed E-state index contributed by atoms with van der Waals surface area (Å²) >= 11 is 0. The molecule has 3 heteroatoms. The van der Waals surface area contributed by atoms with Gasteiger partial charge in [-0.25, -0.2) is 4.79 Å². The van der Waals surface area contributed by atoms with E-state index in [2.05, 4.69) is 6.92 Å². The van der Waals surface area contributed by atoms with Gasteiger partial charge in [0.1, 0.15) is 0 Å². The summed E-state index contributed by atoms with van der Waals surface area (Å²) < 4.78 is 5.09. The zero-order chi connectivity index (χ0) is 14.5. The first-order chi connectivity index (χ1) is 9.13. The molecule has 0 saturated heterocycles. The first-order valence-electron chi connectivity index (χ1n) is 7.96. The van der Waals surface area contributed by atoms with Gasteiger partial charge in [0, 0.05) is 5.57 Å². The van der Waals surface area contributed by atoms with E-state index in [0.717, 1.165) is 24.0 Å². The third-order valence-corrected chi connectivity index (χ3v) is 3.41. The van der Waals surface area contributed by atoms with Crippen molar-refractivity contribution >= 4 is 5.97 Å². The summed E-state index contributed by atoms with van der Waals surface area (Å²) in [6.07, 6.45) is 11.2. The number of carbonyl (C=O) groups excluding carboxylic acids is 1. The van der Waals surface area contributed by atoms with Crippen molar-refractivity contribution < 1.29 is 9.53 Å². The number of carbonyl (C=O) groups is 1. The highest BCUT2D eigenvalue weighted by Crippen LogP contribution is 2.16. The van der Waals surface area contributed by atoms with Crippen LogP contribution in [0.1, 0.15) is 85.5 Å². The molecular weight excluding hydrogens is 250 g/mol. The fraction of sp³-hybridized carbons (Fsp3) is 0.824. The lowest BCUT2D eigenvalue weighted by molar-refractivity contribution is -0.138. The zero-order valence-corrected chi connectivity index (χ0v) is 14.1. The monoisotopic (exact) mass is 285 g/mol. The van der Waals surface area contributed by atoms with Crippen LogP contribution >= 0.6 is 0 Å². The van der Waals surface area contributed by atoms with E-state index in [-0.39, 0.29) is 12.1 Å². The van der Waals surface area contributed by atoms with Crippen molar-refractivity contribution in [2.45, 2.75) is 85.5 Å². The van der Waals surface area contributed by atoms with Crippen molar-refractivity contribution in [2.75, 3.05) is 6.61 Å². The van der Waals surface area contributed by atoms with Crippen LogP contribution in [0.5, 0.6) is 0 Å². The van der Waals surface area contributed by atoms with Crippen LogP contribution in [0.2, 0.25) is 0 Å². The Kier molecular flexibility index (Phi) is 15.6. The number of hydrogen-bond acceptors (Lipinski definition) is 3. The second kappa shape index (κ2) is 14.6. The highest BCUT2D eigenvalue weighted by atomic mass is 16.5. The molecule has 0 bridgehead atoms. The molecule has 0 spiro atoms. The predicted octanol–water partition coefficient (Wildman–Crippen LogP) is 5.58. The molecular formula is C17H35NO2. The summed E-state index contributed by atoms with van der Waals surface area (Å²) in [6.45, 7) is 8.56. The minimum absolute atomic E-state index is 0. The van der Waals surface area contributed by atoms with Crippen LogP contribution in [0.3, 0.4) is 0 Å². The van der Waals surface area contributed by atoms with Gasteiger partial charge in [0.2, 0.25) is 0 Å². The first kappa shape index (κ1) is 21.5. The van der Waals surface area contributed by atoms with Crippen molar-refractivity contribution in [3.8, 4) is 0 Å². The summed E-state index contributed by atoms with van der Waals surface area (Å²) in [5, 5.41) is 0. The summed E-state index contributed by atoms with van der Waals surface area (Å²) in [5.74, 6) is -0.120. The highest BCUT2D eigenvalue weighted by Gasteiger charge is 2.11. The summed E-state index contributed by atoms with van der Waals surface area (Å²) in [6, 6.07) is 0. The lowest BCUT2D eigenvalue weighted by Crippen LogP contribution is -2.09. The van der Waals surface area contributed by atoms with Crippen LogP contribution in [0, 0.1) is 0 Å². The molecule has 0 rings (SSSR count). The Morgan fingerprint density at radius 3 is 1.80 bits per heavy atom. The van der Waals surface area contributed by atoms with E-state index in [0.29, 0.717) is 6.61 Å². The molecule has 0 atom stereocenters. The Balaban J connectivity index is 0. The average Bonchev–Trinajstić information content (AvgIpc) is 2.36. The van der Waals surface area contributed by atoms with Crippen LogP contribution in [0.4, 0.5) is 0 Å². The van der Waals surface area contributed by atoms with Gasteiger partial charge in [-0.15, -0.1) is 0 Å². The minimum Gasteiger partial charge on any atom is -0.463 e. The topological polar surface area (TPSA) is 61.3 Å². The number of esters is 1. The Morgan fingerprint density at radius 1 is 0.850 bits per heavy atom. The number of rotatable bonds is 11.